The van der Waals surface area contributed by atoms with Gasteiger partial charge in [0.1, 0.15) is 5.57 Å². The van der Waals surface area contributed by atoms with E-state index in [0.717, 1.165) is 11.1 Å². The topological polar surface area (TPSA) is 79.1 Å². The molecule has 7 heteroatoms. The number of aromatic amines is 1. The molecule has 0 bridgehead atoms. The minimum absolute atomic E-state index is 0.100. The van der Waals surface area contributed by atoms with Crippen LogP contribution >= 0.6 is 0 Å². The molecule has 4 aromatic rings. The Morgan fingerprint density at radius 2 is 1.41 bits per heavy atom. The van der Waals surface area contributed by atoms with E-state index in [-0.39, 0.29) is 28.9 Å². The quantitative estimate of drug-likeness (QED) is 0.374. The number of pyridine rings is 1. The van der Waals surface area contributed by atoms with Gasteiger partial charge in [-0.25, -0.2) is 4.68 Å². The molecule has 2 amide bonds. The third-order valence-electron chi connectivity index (χ3n) is 5.92. The van der Waals surface area contributed by atoms with Crippen molar-refractivity contribution < 1.29 is 14.2 Å². The summed E-state index contributed by atoms with van der Waals surface area (Å²) in [5.74, 6) is -0.930. The number of aromatic nitrogens is 3. The molecule has 0 unspecified atom stereocenters. The van der Waals surface area contributed by atoms with Crippen molar-refractivity contribution in [1.82, 2.24) is 14.7 Å². The number of imide groups is 1. The Labute approximate surface area is 196 Å². The maximum Gasteiger partial charge on any atom is 0.327 e. The average molecular weight is 452 g/mol. The van der Waals surface area contributed by atoms with E-state index in [1.165, 1.54) is 9.58 Å². The minimum atomic E-state index is -0.490. The number of carbonyl (C=O) groups is 2. The Bertz CT molecular complexity index is 1480. The van der Waals surface area contributed by atoms with Gasteiger partial charge in [0, 0.05) is 17.8 Å². The highest BCUT2D eigenvalue weighted by Crippen LogP contribution is 2.30. The standard InChI is InChI=1S/C27H22N4O3/c1-18-13-15-29(16-14-18)24-23(25(32)30(27(24)34)17-20-9-5-3-6-10-20)22-19(2)28-31(26(22)33)21-11-7-4-8-12-21/h3-16H,17H2,1-2H3/p+1. The molecule has 168 valence electrons. The average Bonchev–Trinajstić information content (AvgIpc) is 3.27. The summed E-state index contributed by atoms with van der Waals surface area (Å²) in [6, 6.07) is 22.2. The van der Waals surface area contributed by atoms with Crippen molar-refractivity contribution in [2.45, 2.75) is 20.4 Å². The maximum absolute atomic E-state index is 13.7. The molecule has 1 aliphatic rings. The van der Waals surface area contributed by atoms with Crippen LogP contribution in [0, 0.1) is 13.8 Å². The van der Waals surface area contributed by atoms with Crippen LogP contribution in [0.25, 0.3) is 17.0 Å². The van der Waals surface area contributed by atoms with Crippen molar-refractivity contribution in [3.8, 4) is 5.69 Å². The lowest BCUT2D eigenvalue weighted by atomic mass is 10.1. The van der Waals surface area contributed by atoms with E-state index < -0.39 is 11.8 Å². The van der Waals surface area contributed by atoms with E-state index in [4.69, 9.17) is 0 Å². The second-order valence-corrected chi connectivity index (χ2v) is 8.28. The third-order valence-corrected chi connectivity index (χ3v) is 5.92. The zero-order valence-electron chi connectivity index (χ0n) is 18.9. The molecule has 0 radical (unpaired) electrons. The van der Waals surface area contributed by atoms with Crippen molar-refractivity contribution in [1.29, 1.82) is 0 Å². The summed E-state index contributed by atoms with van der Waals surface area (Å²) in [4.78, 5) is 42.0. The Balaban J connectivity index is 1.69. The van der Waals surface area contributed by atoms with Gasteiger partial charge in [0.2, 0.25) is 0 Å². The SMILES string of the molecule is Cc1cc[n+](C2=C(c3c(C)[nH]n(-c4ccccc4)c3=O)C(=O)N(Cc3ccccc3)C2=O)cc1. The number of H-pyrrole nitrogens is 1. The molecule has 2 aromatic carbocycles. The molecule has 0 spiro atoms. The first kappa shape index (κ1) is 21.3. The fraction of sp³-hybridized carbons (Fsp3) is 0.111. The van der Waals surface area contributed by atoms with Gasteiger partial charge in [0.05, 0.1) is 17.8 Å². The first-order valence-electron chi connectivity index (χ1n) is 11.0. The van der Waals surface area contributed by atoms with Crippen LogP contribution in [0.5, 0.6) is 0 Å². The van der Waals surface area contributed by atoms with Gasteiger partial charge >= 0.3 is 5.91 Å². The van der Waals surface area contributed by atoms with Gasteiger partial charge < -0.3 is 0 Å². The van der Waals surface area contributed by atoms with Gasteiger partial charge in [0.15, 0.2) is 12.4 Å². The summed E-state index contributed by atoms with van der Waals surface area (Å²) in [5, 5.41) is 3.07. The summed E-state index contributed by atoms with van der Waals surface area (Å²) in [5.41, 5.74) is 3.07. The smallest absolute Gasteiger partial charge is 0.295 e. The van der Waals surface area contributed by atoms with E-state index in [1.807, 2.05) is 67.6 Å². The molecule has 34 heavy (non-hydrogen) atoms. The summed E-state index contributed by atoms with van der Waals surface area (Å²) in [6.45, 7) is 3.80. The highest BCUT2D eigenvalue weighted by atomic mass is 16.2. The Morgan fingerprint density at radius 3 is 2.06 bits per heavy atom. The number of nitrogens with one attached hydrogen (secondary N) is 1. The molecule has 5 rings (SSSR count). The number of nitrogens with zero attached hydrogens (tertiary/aromatic N) is 3. The number of carbonyl (C=O) groups excluding carboxylic acids is 2. The van der Waals surface area contributed by atoms with Gasteiger partial charge in [-0.1, -0.05) is 48.5 Å². The van der Waals surface area contributed by atoms with Crippen molar-refractivity contribution in [2.24, 2.45) is 0 Å². The summed E-state index contributed by atoms with van der Waals surface area (Å²) >= 11 is 0. The van der Waals surface area contributed by atoms with Crippen molar-refractivity contribution >= 4 is 23.1 Å². The Kier molecular flexibility index (Phi) is 5.30. The zero-order chi connectivity index (χ0) is 23.8. The highest BCUT2D eigenvalue weighted by Gasteiger charge is 2.47. The van der Waals surface area contributed by atoms with E-state index >= 15 is 0 Å². The summed E-state index contributed by atoms with van der Waals surface area (Å²) < 4.78 is 3.01. The first-order chi connectivity index (χ1) is 16.5. The van der Waals surface area contributed by atoms with Crippen LogP contribution in [0.1, 0.15) is 22.4 Å². The second kappa shape index (κ2) is 8.44. The fourth-order valence-electron chi connectivity index (χ4n) is 4.19. The zero-order valence-corrected chi connectivity index (χ0v) is 18.9. The van der Waals surface area contributed by atoms with Crippen LogP contribution < -0.4 is 10.1 Å². The predicted octanol–water partition coefficient (Wildman–Crippen LogP) is 3.01. The van der Waals surface area contributed by atoms with E-state index in [1.54, 1.807) is 36.0 Å². The molecule has 0 fully saturated rings. The van der Waals surface area contributed by atoms with Crippen LogP contribution in [0.4, 0.5) is 0 Å². The molecule has 0 saturated carbocycles. The van der Waals surface area contributed by atoms with Crippen LogP contribution in [-0.2, 0) is 16.1 Å². The molecule has 3 heterocycles. The minimum Gasteiger partial charge on any atom is -0.295 e. The molecular formula is C27H23N4O3+. The largest absolute Gasteiger partial charge is 0.327 e. The van der Waals surface area contributed by atoms with Gasteiger partial charge in [-0.3, -0.25) is 24.4 Å². The van der Waals surface area contributed by atoms with Crippen molar-refractivity contribution in [2.75, 3.05) is 0 Å². The normalized spacial score (nSPS) is 13.8. The number of aryl methyl sites for hydroxylation is 2. The van der Waals surface area contributed by atoms with Gasteiger partial charge in [-0.05, 0) is 37.1 Å². The number of amides is 2. The number of benzene rings is 2. The number of rotatable bonds is 5. The van der Waals surface area contributed by atoms with Crippen molar-refractivity contribution in [3.63, 3.8) is 0 Å². The lowest BCUT2D eigenvalue weighted by Gasteiger charge is -2.13. The molecule has 1 aliphatic heterocycles. The molecule has 0 aliphatic carbocycles. The summed E-state index contributed by atoms with van der Waals surface area (Å²) in [6.07, 6.45) is 3.47. The van der Waals surface area contributed by atoms with Gasteiger partial charge in [-0.15, -0.1) is 0 Å². The fourth-order valence-corrected chi connectivity index (χ4v) is 4.19. The van der Waals surface area contributed by atoms with Crippen molar-refractivity contribution in [3.05, 3.63) is 118 Å². The number of para-hydroxylation sites is 1. The van der Waals surface area contributed by atoms with Gasteiger partial charge in [-0.2, -0.15) is 4.57 Å². The monoisotopic (exact) mass is 451 g/mol. The summed E-state index contributed by atoms with van der Waals surface area (Å²) in [7, 11) is 0. The lowest BCUT2D eigenvalue weighted by Crippen LogP contribution is -2.39. The Hall–Kier alpha value is -4.52. The highest BCUT2D eigenvalue weighted by molar-refractivity contribution is 6.44. The van der Waals surface area contributed by atoms with Crippen LogP contribution in [0.3, 0.4) is 0 Å². The second-order valence-electron chi connectivity index (χ2n) is 8.28. The van der Waals surface area contributed by atoms with Crippen LogP contribution in [0.15, 0.2) is 90.0 Å². The Morgan fingerprint density at radius 1 is 0.794 bits per heavy atom. The molecule has 2 aromatic heterocycles. The number of hydrogen-bond donors (Lipinski definition) is 1. The number of hydrogen-bond acceptors (Lipinski definition) is 3. The molecule has 7 nitrogen and oxygen atoms in total. The molecule has 1 N–H and O–H groups in total. The van der Waals surface area contributed by atoms with E-state index in [0.29, 0.717) is 11.4 Å². The lowest BCUT2D eigenvalue weighted by molar-refractivity contribution is -0.577. The van der Waals surface area contributed by atoms with E-state index in [9.17, 15) is 14.4 Å². The molecule has 0 atom stereocenters. The maximum atomic E-state index is 13.7. The third kappa shape index (κ3) is 3.57. The first-order valence-corrected chi connectivity index (χ1v) is 11.0. The molecule has 0 saturated heterocycles. The van der Waals surface area contributed by atoms with Crippen LogP contribution in [0.2, 0.25) is 0 Å². The predicted molar refractivity (Wildman–Crippen MR) is 128 cm³/mol. The van der Waals surface area contributed by atoms with Gasteiger partial charge in [0.25, 0.3) is 17.2 Å². The van der Waals surface area contributed by atoms with Crippen LogP contribution in [-0.4, -0.2) is 26.5 Å². The van der Waals surface area contributed by atoms with E-state index in [2.05, 4.69) is 5.10 Å². The molecular weight excluding hydrogens is 428 g/mol.